The molecular formula is C24H26BrO12P. The minimum Gasteiger partial charge on any atom is -0.506 e. The van der Waals surface area contributed by atoms with Gasteiger partial charge in [-0.15, -0.1) is 0 Å². The molecule has 3 heterocycles. The Kier molecular flexibility index (Phi) is 5.81. The number of phenolic OH excluding ortho intramolecular Hbond substituents is 1. The van der Waals surface area contributed by atoms with Crippen LogP contribution >= 0.6 is 23.8 Å². The van der Waals surface area contributed by atoms with Gasteiger partial charge in [0.1, 0.15) is 30.0 Å². The number of phenols is 1. The van der Waals surface area contributed by atoms with E-state index in [1.807, 2.05) is 0 Å². The zero-order chi connectivity index (χ0) is 27.4. The highest BCUT2D eigenvalue weighted by Gasteiger charge is 2.85. The van der Waals surface area contributed by atoms with Crippen LogP contribution in [0.1, 0.15) is 46.0 Å². The lowest BCUT2D eigenvalue weighted by atomic mass is 9.76. The van der Waals surface area contributed by atoms with Crippen molar-refractivity contribution in [1.82, 2.24) is 0 Å². The van der Waals surface area contributed by atoms with Crippen molar-refractivity contribution in [2.24, 2.45) is 0 Å². The Balaban J connectivity index is 1.64. The Morgan fingerprint density at radius 1 is 1.24 bits per heavy atom. The van der Waals surface area contributed by atoms with Crippen LogP contribution in [0.15, 0.2) is 6.07 Å². The molecule has 12 nitrogen and oxygen atoms in total. The van der Waals surface area contributed by atoms with E-state index in [2.05, 4.69) is 15.9 Å². The van der Waals surface area contributed by atoms with E-state index in [1.165, 1.54) is 14.2 Å². The van der Waals surface area contributed by atoms with E-state index < -0.39 is 43.8 Å². The van der Waals surface area contributed by atoms with Crippen molar-refractivity contribution in [1.29, 1.82) is 0 Å². The summed E-state index contributed by atoms with van der Waals surface area (Å²) >= 11 is 3.26. The monoisotopic (exact) mass is 616 g/mol. The van der Waals surface area contributed by atoms with Crippen LogP contribution in [0.4, 0.5) is 0 Å². The molecule has 2 bridgehead atoms. The number of halogens is 1. The second kappa shape index (κ2) is 8.35. The fourth-order valence-electron chi connectivity index (χ4n) is 6.46. The highest BCUT2D eigenvalue weighted by atomic mass is 79.9. The zero-order valence-electron chi connectivity index (χ0n) is 20.6. The summed E-state index contributed by atoms with van der Waals surface area (Å²) in [7, 11) is -2.19. The Bertz CT molecular complexity index is 1440. The number of carbonyl (C=O) groups excluding carboxylic acids is 1. The lowest BCUT2D eigenvalue weighted by Crippen LogP contribution is -2.74. The average Bonchev–Trinajstić information content (AvgIpc) is 3.36. The fraction of sp³-hybridized carbons (Fsp3) is 0.542. The second-order valence-corrected chi connectivity index (χ2v) is 11.7. The van der Waals surface area contributed by atoms with Crippen LogP contribution in [0, 0.1) is 6.92 Å². The Hall–Kier alpha value is -1.80. The Morgan fingerprint density at radius 3 is 2.61 bits per heavy atom. The third-order valence-corrected chi connectivity index (χ3v) is 9.36. The van der Waals surface area contributed by atoms with Crippen molar-refractivity contribution in [2.75, 3.05) is 26.2 Å². The van der Waals surface area contributed by atoms with Gasteiger partial charge in [-0.3, -0.25) is 9.32 Å². The molecule has 2 aromatic carbocycles. The summed E-state index contributed by atoms with van der Waals surface area (Å²) in [5.41, 5.74) is -0.251. The normalized spacial score (nSPS) is 33.3. The van der Waals surface area contributed by atoms with Gasteiger partial charge in [-0.25, -0.2) is 4.57 Å². The molecule has 3 aliphatic heterocycles. The minimum absolute atomic E-state index is 0.120. The predicted molar refractivity (Wildman–Crippen MR) is 133 cm³/mol. The molecule has 3 unspecified atom stereocenters. The summed E-state index contributed by atoms with van der Waals surface area (Å²) in [6.45, 7) is 0.970. The van der Waals surface area contributed by atoms with Crippen LogP contribution in [0.2, 0.25) is 0 Å². The number of fused-ring (bicyclic) bond motifs is 6. The number of alkyl halides is 1. The molecule has 0 aromatic heterocycles. The van der Waals surface area contributed by atoms with Crippen molar-refractivity contribution in [3.05, 3.63) is 28.3 Å². The van der Waals surface area contributed by atoms with Gasteiger partial charge in [-0.2, -0.15) is 0 Å². The maximum absolute atomic E-state index is 12.9. The first-order chi connectivity index (χ1) is 17.9. The lowest BCUT2D eigenvalue weighted by molar-refractivity contribution is -0.349. The van der Waals surface area contributed by atoms with Gasteiger partial charge in [0.15, 0.2) is 17.5 Å². The van der Waals surface area contributed by atoms with Gasteiger partial charge < -0.3 is 43.7 Å². The summed E-state index contributed by atoms with van der Waals surface area (Å²) in [4.78, 5) is 31.6. The fourth-order valence-corrected chi connectivity index (χ4v) is 7.62. The second-order valence-electron chi connectivity index (χ2n) is 9.93. The standard InChI is InChI=1S/C24H26BrO12P/c1-10-7-12-16(17(27)15-11(18(12)32-2)5-4-6-13(15)26)19-14(10)20-21-24(33-3,36-19)22(28,8-25)23(35-20,37-21)9-34-38(29,30)31/h7,20-21,27-28H,4-6,8-9H2,1-3H3,(H2,29,30,31)/t20?,21?,22-,23?,24-/m1/s1. The molecule has 1 aliphatic carbocycles. The number of aromatic hydroxyl groups is 1. The summed E-state index contributed by atoms with van der Waals surface area (Å²) in [5.74, 6) is -3.95. The number of aryl methyl sites for hydroxylation is 1. The van der Waals surface area contributed by atoms with Crippen LogP contribution in [0.3, 0.4) is 0 Å². The lowest BCUT2D eigenvalue weighted by Gasteiger charge is -2.53. The van der Waals surface area contributed by atoms with Crippen molar-refractivity contribution in [3.63, 3.8) is 0 Å². The van der Waals surface area contributed by atoms with Gasteiger partial charge in [0.25, 0.3) is 5.79 Å². The van der Waals surface area contributed by atoms with Crippen molar-refractivity contribution in [2.45, 2.75) is 55.6 Å². The molecule has 2 saturated heterocycles. The first kappa shape index (κ1) is 26.4. The molecule has 0 radical (unpaired) electrons. The average molecular weight is 617 g/mol. The number of hydrogen-bond donors (Lipinski definition) is 4. The molecule has 0 saturated carbocycles. The number of phosphoric acid groups is 1. The number of rotatable bonds is 6. The molecule has 5 atom stereocenters. The summed E-state index contributed by atoms with van der Waals surface area (Å²) < 4.78 is 46.6. The zero-order valence-corrected chi connectivity index (χ0v) is 23.1. The van der Waals surface area contributed by atoms with Gasteiger partial charge in [0.2, 0.25) is 5.79 Å². The topological polar surface area (TPSA) is 170 Å². The highest BCUT2D eigenvalue weighted by Crippen LogP contribution is 2.67. The molecule has 2 fully saturated rings. The van der Waals surface area contributed by atoms with E-state index in [1.54, 1.807) is 13.0 Å². The SMILES string of the molecule is COc1c2c(c(O)c3c4c(c(C)cc13)C1OC3(COP(=O)(O)O)OC1[C@@](OC)(O4)[C@@]3(O)CBr)C(=O)CCC2. The molecule has 4 aliphatic rings. The number of benzene rings is 2. The quantitative estimate of drug-likeness (QED) is 0.276. The van der Waals surface area contributed by atoms with Crippen LogP contribution in [0.5, 0.6) is 17.2 Å². The molecule has 38 heavy (non-hydrogen) atoms. The first-order valence-electron chi connectivity index (χ1n) is 11.9. The van der Waals surface area contributed by atoms with Gasteiger partial charge in [-0.05, 0) is 31.4 Å². The Labute approximate surface area is 225 Å². The molecule has 206 valence electrons. The maximum Gasteiger partial charge on any atom is 0.469 e. The van der Waals surface area contributed by atoms with Crippen molar-refractivity contribution >= 4 is 40.3 Å². The number of methoxy groups -OCH3 is 2. The highest BCUT2D eigenvalue weighted by molar-refractivity contribution is 9.09. The maximum atomic E-state index is 12.9. The van der Waals surface area contributed by atoms with E-state index in [0.717, 1.165) is 0 Å². The number of aliphatic hydroxyl groups is 1. The van der Waals surface area contributed by atoms with E-state index in [4.69, 9.17) is 28.2 Å². The first-order valence-corrected chi connectivity index (χ1v) is 14.5. The number of ether oxygens (including phenoxy) is 5. The van der Waals surface area contributed by atoms with E-state index in [0.29, 0.717) is 40.7 Å². The van der Waals surface area contributed by atoms with Crippen LogP contribution < -0.4 is 9.47 Å². The Morgan fingerprint density at radius 2 is 1.97 bits per heavy atom. The van der Waals surface area contributed by atoms with Crippen LogP contribution in [-0.2, 0) is 29.7 Å². The molecule has 2 aromatic rings. The number of phosphoric ester groups is 1. The van der Waals surface area contributed by atoms with E-state index >= 15 is 0 Å². The van der Waals surface area contributed by atoms with E-state index in [9.17, 15) is 29.4 Å². The summed E-state index contributed by atoms with van der Waals surface area (Å²) in [5, 5.41) is 23.9. The number of ketones is 1. The number of Topliss-reactive ketones (excluding diaryl/α,β-unsaturated/α-hetero) is 1. The third-order valence-electron chi connectivity index (χ3n) is 8.08. The van der Waals surface area contributed by atoms with Gasteiger partial charge in [0, 0.05) is 35.4 Å². The third kappa shape index (κ3) is 3.10. The number of hydrogen-bond acceptors (Lipinski definition) is 10. The largest absolute Gasteiger partial charge is 0.506 e. The molecule has 6 rings (SSSR count). The van der Waals surface area contributed by atoms with Gasteiger partial charge >= 0.3 is 7.82 Å². The van der Waals surface area contributed by atoms with Crippen LogP contribution in [0.25, 0.3) is 10.8 Å². The summed E-state index contributed by atoms with van der Waals surface area (Å²) in [6.07, 6.45) is -0.562. The van der Waals surface area contributed by atoms with Crippen molar-refractivity contribution < 1.29 is 57.6 Å². The summed E-state index contributed by atoms with van der Waals surface area (Å²) in [6, 6.07) is 1.79. The molecule has 0 amide bonds. The predicted octanol–water partition coefficient (Wildman–Crippen LogP) is 2.52. The minimum atomic E-state index is -4.97. The molecular weight excluding hydrogens is 591 g/mol. The molecule has 4 N–H and O–H groups in total. The van der Waals surface area contributed by atoms with Crippen LogP contribution in [-0.4, -0.2) is 75.2 Å². The molecule has 14 heteroatoms. The van der Waals surface area contributed by atoms with Gasteiger partial charge in [0.05, 0.1) is 18.1 Å². The van der Waals surface area contributed by atoms with Crippen molar-refractivity contribution in [3.8, 4) is 17.2 Å². The number of carbonyl (C=O) groups is 1. The van der Waals surface area contributed by atoms with E-state index in [-0.39, 0.29) is 40.0 Å². The smallest absolute Gasteiger partial charge is 0.469 e. The van der Waals surface area contributed by atoms with Gasteiger partial charge in [-0.1, -0.05) is 15.9 Å². The molecule has 0 spiro atoms.